The van der Waals surface area contributed by atoms with Gasteiger partial charge < -0.3 is 10.6 Å². The molecule has 0 unspecified atom stereocenters. The maximum absolute atomic E-state index is 12.5. The summed E-state index contributed by atoms with van der Waals surface area (Å²) in [6, 6.07) is 3.50. The smallest absolute Gasteiger partial charge is 0.242 e. The number of sulfonamides is 1. The number of hydrogen-bond acceptors (Lipinski definition) is 4. The van der Waals surface area contributed by atoms with Crippen molar-refractivity contribution in [1.29, 1.82) is 0 Å². The minimum atomic E-state index is -3.55. The van der Waals surface area contributed by atoms with Crippen LogP contribution in [0.1, 0.15) is 30.4 Å². The van der Waals surface area contributed by atoms with Crippen LogP contribution in [0.25, 0.3) is 0 Å². The first-order chi connectivity index (χ1) is 9.92. The van der Waals surface area contributed by atoms with E-state index in [4.69, 9.17) is 5.73 Å². The molecule has 6 heteroatoms. The van der Waals surface area contributed by atoms with Crippen molar-refractivity contribution in [3.8, 4) is 0 Å². The molecule has 0 aliphatic carbocycles. The number of nitrogen functional groups attached to an aromatic ring is 1. The zero-order valence-electron chi connectivity index (χ0n) is 12.9. The molecule has 1 aromatic carbocycles. The number of rotatable bonds is 5. The number of piperidine rings is 1. The van der Waals surface area contributed by atoms with Crippen LogP contribution in [0, 0.1) is 13.8 Å². The Hall–Kier alpha value is -1.11. The normalized spacial score (nSPS) is 17.0. The molecule has 0 spiro atoms. The molecule has 0 radical (unpaired) electrons. The van der Waals surface area contributed by atoms with Gasteiger partial charge in [0.15, 0.2) is 0 Å². The van der Waals surface area contributed by atoms with Crippen LogP contribution < -0.4 is 10.5 Å². The first-order valence-corrected chi connectivity index (χ1v) is 8.98. The highest BCUT2D eigenvalue weighted by Crippen LogP contribution is 2.24. The molecule has 1 aliphatic rings. The van der Waals surface area contributed by atoms with Crippen molar-refractivity contribution in [3.05, 3.63) is 23.3 Å². The van der Waals surface area contributed by atoms with Gasteiger partial charge in [-0.15, -0.1) is 0 Å². The lowest BCUT2D eigenvalue weighted by atomic mass is 10.1. The molecule has 2 rings (SSSR count). The van der Waals surface area contributed by atoms with Gasteiger partial charge in [-0.05, 0) is 57.0 Å². The Balaban J connectivity index is 2.03. The summed E-state index contributed by atoms with van der Waals surface area (Å²) in [5, 5.41) is 0. The van der Waals surface area contributed by atoms with E-state index < -0.39 is 10.0 Å². The van der Waals surface area contributed by atoms with Crippen LogP contribution in [0.5, 0.6) is 0 Å². The summed E-state index contributed by atoms with van der Waals surface area (Å²) < 4.78 is 27.6. The van der Waals surface area contributed by atoms with Gasteiger partial charge in [0, 0.05) is 13.1 Å². The number of nitrogens with zero attached hydrogens (tertiary/aromatic N) is 1. The third-order valence-electron chi connectivity index (χ3n) is 4.14. The van der Waals surface area contributed by atoms with Crippen molar-refractivity contribution >= 4 is 15.7 Å². The average molecular weight is 311 g/mol. The highest BCUT2D eigenvalue weighted by Gasteiger charge is 2.21. The van der Waals surface area contributed by atoms with E-state index in [-0.39, 0.29) is 4.90 Å². The fraction of sp³-hybridized carbons (Fsp3) is 0.600. The molecule has 3 N–H and O–H groups in total. The Kier molecular flexibility index (Phi) is 5.24. The van der Waals surface area contributed by atoms with Gasteiger partial charge in [0.05, 0.1) is 5.69 Å². The van der Waals surface area contributed by atoms with Crippen LogP contribution in [0.4, 0.5) is 5.69 Å². The molecule has 0 saturated carbocycles. The van der Waals surface area contributed by atoms with Crippen LogP contribution in [0.2, 0.25) is 0 Å². The van der Waals surface area contributed by atoms with Gasteiger partial charge in [-0.1, -0.05) is 12.5 Å². The summed E-state index contributed by atoms with van der Waals surface area (Å²) in [5.41, 5.74) is 7.82. The lowest BCUT2D eigenvalue weighted by Crippen LogP contribution is -2.38. The Morgan fingerprint density at radius 3 is 2.52 bits per heavy atom. The first-order valence-electron chi connectivity index (χ1n) is 7.49. The number of anilines is 1. The predicted octanol–water partition coefficient (Wildman–Crippen LogP) is 1.65. The van der Waals surface area contributed by atoms with Gasteiger partial charge in [0.2, 0.25) is 10.0 Å². The number of nitrogens with two attached hydrogens (primary N) is 1. The quantitative estimate of drug-likeness (QED) is 0.811. The highest BCUT2D eigenvalue weighted by molar-refractivity contribution is 7.89. The SMILES string of the molecule is Cc1ccc(N)c(S(=O)(=O)NCCN2CCCCC2)c1C. The number of likely N-dealkylation sites (tertiary alicyclic amines) is 1. The molecule has 0 atom stereocenters. The molecule has 1 aromatic rings. The Labute approximate surface area is 127 Å². The molecule has 0 amide bonds. The number of hydrogen-bond donors (Lipinski definition) is 2. The second kappa shape index (κ2) is 6.77. The van der Waals surface area contributed by atoms with Crippen LogP contribution >= 0.6 is 0 Å². The van der Waals surface area contributed by atoms with Crippen molar-refractivity contribution in [1.82, 2.24) is 9.62 Å². The number of nitrogens with one attached hydrogen (secondary N) is 1. The fourth-order valence-corrected chi connectivity index (χ4v) is 4.21. The summed E-state index contributed by atoms with van der Waals surface area (Å²) in [6.45, 7) is 6.99. The lowest BCUT2D eigenvalue weighted by Gasteiger charge is -2.26. The maximum Gasteiger partial charge on any atom is 0.242 e. The minimum Gasteiger partial charge on any atom is -0.398 e. The van der Waals surface area contributed by atoms with Crippen LogP contribution in [0.15, 0.2) is 17.0 Å². The van der Waals surface area contributed by atoms with Crippen molar-refractivity contribution in [2.24, 2.45) is 0 Å². The second-order valence-corrected chi connectivity index (χ2v) is 7.43. The number of aryl methyl sites for hydroxylation is 1. The molecular formula is C15H25N3O2S. The van der Waals surface area contributed by atoms with Gasteiger partial charge in [-0.25, -0.2) is 13.1 Å². The molecule has 0 bridgehead atoms. The van der Waals surface area contributed by atoms with Crippen LogP contribution in [-0.2, 0) is 10.0 Å². The predicted molar refractivity (Wildman–Crippen MR) is 85.8 cm³/mol. The lowest BCUT2D eigenvalue weighted by molar-refractivity contribution is 0.233. The fourth-order valence-electron chi connectivity index (χ4n) is 2.76. The van der Waals surface area contributed by atoms with Crippen molar-refractivity contribution in [2.45, 2.75) is 38.0 Å². The first kappa shape index (κ1) is 16.3. The topological polar surface area (TPSA) is 75.4 Å². The van der Waals surface area contributed by atoms with E-state index in [9.17, 15) is 8.42 Å². The summed E-state index contributed by atoms with van der Waals surface area (Å²) in [6.07, 6.45) is 3.69. The molecule has 1 heterocycles. The van der Waals surface area contributed by atoms with Crippen molar-refractivity contribution in [3.63, 3.8) is 0 Å². The summed E-state index contributed by atoms with van der Waals surface area (Å²) in [5.74, 6) is 0. The Bertz CT molecular complexity index is 593. The molecule has 1 saturated heterocycles. The molecule has 21 heavy (non-hydrogen) atoms. The van der Waals surface area contributed by atoms with E-state index in [2.05, 4.69) is 9.62 Å². The molecule has 1 fully saturated rings. The summed E-state index contributed by atoms with van der Waals surface area (Å²) in [4.78, 5) is 2.53. The van der Waals surface area contributed by atoms with Gasteiger partial charge in [-0.2, -0.15) is 0 Å². The zero-order valence-corrected chi connectivity index (χ0v) is 13.7. The minimum absolute atomic E-state index is 0.223. The highest BCUT2D eigenvalue weighted by atomic mass is 32.2. The van der Waals surface area contributed by atoms with E-state index in [1.807, 2.05) is 13.0 Å². The molecule has 0 aromatic heterocycles. The third-order valence-corrected chi connectivity index (χ3v) is 5.81. The maximum atomic E-state index is 12.5. The van der Waals surface area contributed by atoms with Gasteiger partial charge in [-0.3, -0.25) is 0 Å². The molecule has 118 valence electrons. The van der Waals surface area contributed by atoms with E-state index in [1.54, 1.807) is 13.0 Å². The van der Waals surface area contributed by atoms with Gasteiger partial charge in [0.1, 0.15) is 4.90 Å². The van der Waals surface area contributed by atoms with Crippen LogP contribution in [-0.4, -0.2) is 39.5 Å². The summed E-state index contributed by atoms with van der Waals surface area (Å²) >= 11 is 0. The van der Waals surface area contributed by atoms with Crippen LogP contribution in [0.3, 0.4) is 0 Å². The second-order valence-electron chi connectivity index (χ2n) is 5.73. The largest absolute Gasteiger partial charge is 0.398 e. The van der Waals surface area contributed by atoms with E-state index >= 15 is 0 Å². The zero-order chi connectivity index (χ0) is 15.5. The van der Waals surface area contributed by atoms with E-state index in [1.165, 1.54) is 19.3 Å². The Morgan fingerprint density at radius 1 is 1.19 bits per heavy atom. The third kappa shape index (κ3) is 3.96. The average Bonchev–Trinajstić information content (AvgIpc) is 2.44. The monoisotopic (exact) mass is 311 g/mol. The molecule has 5 nitrogen and oxygen atoms in total. The van der Waals surface area contributed by atoms with Gasteiger partial charge >= 0.3 is 0 Å². The standard InChI is InChI=1S/C15H25N3O2S/c1-12-6-7-14(16)15(13(12)2)21(19,20)17-8-11-18-9-4-3-5-10-18/h6-7,17H,3-5,8-11,16H2,1-2H3. The summed E-state index contributed by atoms with van der Waals surface area (Å²) in [7, 11) is -3.55. The number of benzene rings is 1. The van der Waals surface area contributed by atoms with Crippen molar-refractivity contribution in [2.75, 3.05) is 31.9 Å². The Morgan fingerprint density at radius 2 is 1.86 bits per heavy atom. The van der Waals surface area contributed by atoms with Gasteiger partial charge in [0.25, 0.3) is 0 Å². The molecular weight excluding hydrogens is 286 g/mol. The molecule has 1 aliphatic heterocycles. The van der Waals surface area contributed by atoms with E-state index in [0.29, 0.717) is 12.2 Å². The van der Waals surface area contributed by atoms with E-state index in [0.717, 1.165) is 30.8 Å². The van der Waals surface area contributed by atoms with Crippen molar-refractivity contribution < 1.29 is 8.42 Å².